The van der Waals surface area contributed by atoms with E-state index in [2.05, 4.69) is 16.4 Å². The number of carbonyl (C=O) groups excluding carboxylic acids is 1. The van der Waals surface area contributed by atoms with Crippen LogP contribution in [0, 0.1) is 16.7 Å². The standard InChI is InChI=1S/C13H18N4O2/c1-11(8-17-5-4-15-10-17)16-12(18)13(9-14)2-6-19-7-3-13/h4-5,10-11H,2-3,6-8H2,1H3,(H,16,18). The number of ether oxygens (including phenoxy) is 1. The van der Waals surface area contributed by atoms with Gasteiger partial charge in [-0.05, 0) is 19.8 Å². The average Bonchev–Trinajstić information content (AvgIpc) is 2.92. The zero-order valence-electron chi connectivity index (χ0n) is 11.0. The fourth-order valence-electron chi connectivity index (χ4n) is 2.23. The van der Waals surface area contributed by atoms with E-state index in [0.29, 0.717) is 32.6 Å². The summed E-state index contributed by atoms with van der Waals surface area (Å²) in [5, 5.41) is 12.2. The van der Waals surface area contributed by atoms with Gasteiger partial charge in [0.1, 0.15) is 5.41 Å². The van der Waals surface area contributed by atoms with Gasteiger partial charge in [0.2, 0.25) is 5.91 Å². The summed E-state index contributed by atoms with van der Waals surface area (Å²) >= 11 is 0. The molecule has 1 aliphatic rings. The van der Waals surface area contributed by atoms with Crippen molar-refractivity contribution in [2.75, 3.05) is 13.2 Å². The first-order chi connectivity index (χ1) is 9.16. The smallest absolute Gasteiger partial charge is 0.240 e. The minimum Gasteiger partial charge on any atom is -0.381 e. The monoisotopic (exact) mass is 262 g/mol. The Kier molecular flexibility index (Phi) is 4.17. The number of aromatic nitrogens is 2. The number of hydrogen-bond acceptors (Lipinski definition) is 4. The lowest BCUT2D eigenvalue weighted by Gasteiger charge is -2.30. The SMILES string of the molecule is CC(Cn1ccnc1)NC(=O)C1(C#N)CCOCC1. The Morgan fingerprint density at radius 3 is 2.95 bits per heavy atom. The molecule has 1 unspecified atom stereocenters. The van der Waals surface area contributed by atoms with Crippen molar-refractivity contribution in [3.8, 4) is 6.07 Å². The molecular formula is C13H18N4O2. The highest BCUT2D eigenvalue weighted by Gasteiger charge is 2.40. The maximum absolute atomic E-state index is 12.3. The number of nitriles is 1. The van der Waals surface area contributed by atoms with E-state index in [0.717, 1.165) is 0 Å². The highest BCUT2D eigenvalue weighted by atomic mass is 16.5. The molecule has 102 valence electrons. The summed E-state index contributed by atoms with van der Waals surface area (Å²) in [6.45, 7) is 3.50. The maximum Gasteiger partial charge on any atom is 0.240 e. The van der Waals surface area contributed by atoms with Gasteiger partial charge in [0.15, 0.2) is 0 Å². The Morgan fingerprint density at radius 2 is 2.37 bits per heavy atom. The summed E-state index contributed by atoms with van der Waals surface area (Å²) in [5.41, 5.74) is -0.929. The van der Waals surface area contributed by atoms with E-state index in [1.807, 2.05) is 17.7 Å². The molecule has 0 saturated carbocycles. The molecule has 0 radical (unpaired) electrons. The quantitative estimate of drug-likeness (QED) is 0.866. The topological polar surface area (TPSA) is 79.9 Å². The van der Waals surface area contributed by atoms with Crippen LogP contribution in [-0.4, -0.2) is 34.7 Å². The summed E-state index contributed by atoms with van der Waals surface area (Å²) in [7, 11) is 0. The second-order valence-corrected chi connectivity index (χ2v) is 4.94. The minimum atomic E-state index is -0.929. The van der Waals surface area contributed by atoms with Gasteiger partial charge < -0.3 is 14.6 Å². The van der Waals surface area contributed by atoms with Crippen LogP contribution in [0.25, 0.3) is 0 Å². The van der Waals surface area contributed by atoms with Crippen molar-refractivity contribution >= 4 is 5.91 Å². The van der Waals surface area contributed by atoms with E-state index in [-0.39, 0.29) is 11.9 Å². The second kappa shape index (κ2) is 5.85. The van der Waals surface area contributed by atoms with Gasteiger partial charge >= 0.3 is 0 Å². The third kappa shape index (κ3) is 3.12. The number of nitrogens with zero attached hydrogens (tertiary/aromatic N) is 3. The molecule has 1 aliphatic heterocycles. The van der Waals surface area contributed by atoms with Gasteiger partial charge in [0.05, 0.1) is 12.4 Å². The van der Waals surface area contributed by atoms with Crippen molar-refractivity contribution in [3.63, 3.8) is 0 Å². The average molecular weight is 262 g/mol. The number of rotatable bonds is 4. The largest absolute Gasteiger partial charge is 0.381 e. The summed E-state index contributed by atoms with van der Waals surface area (Å²) in [6.07, 6.45) is 6.18. The third-order valence-electron chi connectivity index (χ3n) is 3.42. The zero-order chi connectivity index (χ0) is 13.7. The lowest BCUT2D eigenvalue weighted by atomic mass is 9.80. The Hall–Kier alpha value is -1.87. The summed E-state index contributed by atoms with van der Waals surface area (Å²) in [4.78, 5) is 16.2. The molecule has 1 saturated heterocycles. The van der Waals surface area contributed by atoms with Crippen molar-refractivity contribution in [1.29, 1.82) is 5.26 Å². The van der Waals surface area contributed by atoms with Crippen LogP contribution < -0.4 is 5.32 Å². The number of nitrogens with one attached hydrogen (secondary N) is 1. The molecule has 0 spiro atoms. The molecule has 1 aromatic rings. The normalized spacial score (nSPS) is 19.4. The predicted octanol–water partition coefficient (Wildman–Crippen LogP) is 0.708. The molecule has 2 rings (SSSR count). The van der Waals surface area contributed by atoms with E-state index in [1.54, 1.807) is 12.5 Å². The lowest BCUT2D eigenvalue weighted by Crippen LogP contribution is -2.47. The fourth-order valence-corrected chi connectivity index (χ4v) is 2.23. The molecule has 19 heavy (non-hydrogen) atoms. The molecule has 1 atom stereocenters. The molecular weight excluding hydrogens is 244 g/mol. The Bertz CT molecular complexity index is 457. The van der Waals surface area contributed by atoms with Crippen LogP contribution in [0.1, 0.15) is 19.8 Å². The number of amides is 1. The first-order valence-electron chi connectivity index (χ1n) is 6.42. The maximum atomic E-state index is 12.3. The molecule has 1 fully saturated rings. The van der Waals surface area contributed by atoms with Crippen molar-refractivity contribution < 1.29 is 9.53 Å². The van der Waals surface area contributed by atoms with Crippen molar-refractivity contribution in [3.05, 3.63) is 18.7 Å². The van der Waals surface area contributed by atoms with Gasteiger partial charge in [-0.1, -0.05) is 0 Å². The van der Waals surface area contributed by atoms with Gasteiger partial charge in [-0.15, -0.1) is 0 Å². The van der Waals surface area contributed by atoms with Crippen molar-refractivity contribution in [2.45, 2.75) is 32.4 Å². The number of carbonyl (C=O) groups is 1. The zero-order valence-corrected chi connectivity index (χ0v) is 11.0. The van der Waals surface area contributed by atoms with Crippen LogP contribution in [0.15, 0.2) is 18.7 Å². The summed E-state index contributed by atoms with van der Waals surface area (Å²) < 4.78 is 7.12. The van der Waals surface area contributed by atoms with Crippen LogP contribution in [-0.2, 0) is 16.1 Å². The van der Waals surface area contributed by atoms with Gasteiger partial charge in [-0.25, -0.2) is 4.98 Å². The molecule has 0 aliphatic carbocycles. The van der Waals surface area contributed by atoms with E-state index >= 15 is 0 Å². The Morgan fingerprint density at radius 1 is 1.63 bits per heavy atom. The molecule has 1 aromatic heterocycles. The van der Waals surface area contributed by atoms with Gasteiger partial charge in [-0.2, -0.15) is 5.26 Å². The number of imidazole rings is 1. The first kappa shape index (κ1) is 13.6. The molecule has 2 heterocycles. The van der Waals surface area contributed by atoms with E-state index in [1.165, 1.54) is 0 Å². The molecule has 6 heteroatoms. The number of hydrogen-bond donors (Lipinski definition) is 1. The molecule has 6 nitrogen and oxygen atoms in total. The van der Waals surface area contributed by atoms with Crippen LogP contribution in [0.5, 0.6) is 0 Å². The van der Waals surface area contributed by atoms with E-state index < -0.39 is 5.41 Å². The fraction of sp³-hybridized carbons (Fsp3) is 0.615. The summed E-state index contributed by atoms with van der Waals surface area (Å²) in [5.74, 6) is -0.189. The Labute approximate surface area is 112 Å². The second-order valence-electron chi connectivity index (χ2n) is 4.94. The van der Waals surface area contributed by atoms with Gasteiger partial charge in [-0.3, -0.25) is 4.79 Å². The highest BCUT2D eigenvalue weighted by Crippen LogP contribution is 2.29. The first-order valence-corrected chi connectivity index (χ1v) is 6.42. The van der Waals surface area contributed by atoms with Crippen molar-refractivity contribution in [2.24, 2.45) is 5.41 Å². The highest BCUT2D eigenvalue weighted by molar-refractivity contribution is 5.85. The van der Waals surface area contributed by atoms with Crippen molar-refractivity contribution in [1.82, 2.24) is 14.9 Å². The lowest BCUT2D eigenvalue weighted by molar-refractivity contribution is -0.133. The predicted molar refractivity (Wildman–Crippen MR) is 67.9 cm³/mol. The van der Waals surface area contributed by atoms with Crippen LogP contribution in [0.4, 0.5) is 0 Å². The van der Waals surface area contributed by atoms with Crippen LogP contribution >= 0.6 is 0 Å². The molecule has 0 aromatic carbocycles. The Balaban J connectivity index is 1.94. The third-order valence-corrected chi connectivity index (χ3v) is 3.42. The molecule has 1 N–H and O–H groups in total. The minimum absolute atomic E-state index is 0.0465. The summed E-state index contributed by atoms with van der Waals surface area (Å²) in [6, 6.07) is 2.12. The van der Waals surface area contributed by atoms with Crippen LogP contribution in [0.3, 0.4) is 0 Å². The van der Waals surface area contributed by atoms with E-state index in [9.17, 15) is 10.1 Å². The van der Waals surface area contributed by atoms with Gasteiger partial charge in [0.25, 0.3) is 0 Å². The van der Waals surface area contributed by atoms with Gasteiger partial charge in [0, 0.05) is 38.2 Å². The molecule has 1 amide bonds. The van der Waals surface area contributed by atoms with Crippen LogP contribution in [0.2, 0.25) is 0 Å². The van der Waals surface area contributed by atoms with E-state index in [4.69, 9.17) is 4.74 Å². The molecule has 0 bridgehead atoms.